The molecular formula is C11H13ClN6O. The van der Waals surface area contributed by atoms with Crippen molar-refractivity contribution in [3.63, 3.8) is 0 Å². The Morgan fingerprint density at radius 2 is 2.32 bits per heavy atom. The zero-order valence-corrected chi connectivity index (χ0v) is 11.3. The van der Waals surface area contributed by atoms with Crippen molar-refractivity contribution in [3.8, 4) is 0 Å². The number of hydrogen-bond donors (Lipinski definition) is 2. The first-order valence-corrected chi connectivity index (χ1v) is 5.94. The van der Waals surface area contributed by atoms with Crippen molar-refractivity contribution in [1.82, 2.24) is 25.1 Å². The monoisotopic (exact) mass is 280 g/mol. The molecule has 0 spiro atoms. The van der Waals surface area contributed by atoms with Crippen LogP contribution in [0.2, 0.25) is 5.02 Å². The Labute approximate surface area is 115 Å². The summed E-state index contributed by atoms with van der Waals surface area (Å²) < 4.78 is 1.73. The van der Waals surface area contributed by atoms with Crippen LogP contribution in [0.25, 0.3) is 0 Å². The van der Waals surface area contributed by atoms with E-state index in [0.29, 0.717) is 28.8 Å². The van der Waals surface area contributed by atoms with Crippen LogP contribution < -0.4 is 10.6 Å². The maximum Gasteiger partial charge on any atom is 0.253 e. The fourth-order valence-electron chi connectivity index (χ4n) is 1.47. The number of rotatable bonds is 4. The molecule has 0 aliphatic rings. The zero-order valence-electron chi connectivity index (χ0n) is 10.5. The summed E-state index contributed by atoms with van der Waals surface area (Å²) >= 11 is 5.97. The molecule has 7 nitrogen and oxygen atoms in total. The molecule has 0 bridgehead atoms. The van der Waals surface area contributed by atoms with E-state index in [1.54, 1.807) is 24.0 Å². The molecule has 2 heterocycles. The van der Waals surface area contributed by atoms with Gasteiger partial charge in [-0.15, -0.1) is 10.2 Å². The van der Waals surface area contributed by atoms with Gasteiger partial charge in [-0.25, -0.2) is 4.98 Å². The SMILES string of the molecule is CNc1ncc(C(=O)NCc2nncn2C)cc1Cl. The van der Waals surface area contributed by atoms with Crippen molar-refractivity contribution in [2.24, 2.45) is 7.05 Å². The smallest absolute Gasteiger partial charge is 0.253 e. The molecule has 0 aromatic carbocycles. The van der Waals surface area contributed by atoms with Crippen LogP contribution in [0.1, 0.15) is 16.2 Å². The largest absolute Gasteiger partial charge is 0.372 e. The van der Waals surface area contributed by atoms with E-state index in [9.17, 15) is 4.79 Å². The number of nitrogens with one attached hydrogen (secondary N) is 2. The molecule has 2 N–H and O–H groups in total. The van der Waals surface area contributed by atoms with E-state index in [0.717, 1.165) is 0 Å². The topological polar surface area (TPSA) is 84.7 Å². The summed E-state index contributed by atoms with van der Waals surface area (Å²) in [5.74, 6) is 0.936. The minimum absolute atomic E-state index is 0.264. The lowest BCUT2D eigenvalue weighted by Gasteiger charge is -2.06. The lowest BCUT2D eigenvalue weighted by molar-refractivity contribution is 0.0949. The summed E-state index contributed by atoms with van der Waals surface area (Å²) in [5.41, 5.74) is 0.395. The number of amides is 1. The molecule has 19 heavy (non-hydrogen) atoms. The van der Waals surface area contributed by atoms with Crippen LogP contribution in [0.5, 0.6) is 0 Å². The molecule has 0 saturated carbocycles. The summed E-state index contributed by atoms with van der Waals surface area (Å²) in [5, 5.41) is 13.6. The second-order valence-corrected chi connectivity index (χ2v) is 4.25. The Balaban J connectivity index is 2.04. The van der Waals surface area contributed by atoms with Gasteiger partial charge in [0.1, 0.15) is 12.1 Å². The molecule has 0 aliphatic heterocycles. The van der Waals surface area contributed by atoms with E-state index < -0.39 is 0 Å². The van der Waals surface area contributed by atoms with E-state index in [-0.39, 0.29) is 5.91 Å². The first kappa shape index (κ1) is 13.3. The molecule has 2 aromatic heterocycles. The molecule has 2 rings (SSSR count). The third-order valence-electron chi connectivity index (χ3n) is 2.55. The van der Waals surface area contributed by atoms with E-state index >= 15 is 0 Å². The van der Waals surface area contributed by atoms with Gasteiger partial charge in [-0.05, 0) is 6.07 Å². The third-order valence-corrected chi connectivity index (χ3v) is 2.84. The van der Waals surface area contributed by atoms with Crippen LogP contribution in [-0.4, -0.2) is 32.7 Å². The molecule has 8 heteroatoms. The molecule has 2 aromatic rings. The van der Waals surface area contributed by atoms with Crippen molar-refractivity contribution in [1.29, 1.82) is 0 Å². The molecule has 0 radical (unpaired) electrons. The highest BCUT2D eigenvalue weighted by atomic mass is 35.5. The molecule has 0 aliphatic carbocycles. The molecule has 0 fully saturated rings. The van der Waals surface area contributed by atoms with Crippen LogP contribution in [-0.2, 0) is 13.6 Å². The Kier molecular flexibility index (Phi) is 3.96. The number of halogens is 1. The van der Waals surface area contributed by atoms with Gasteiger partial charge in [0.15, 0.2) is 5.82 Å². The maximum atomic E-state index is 11.9. The average Bonchev–Trinajstić information content (AvgIpc) is 2.81. The van der Waals surface area contributed by atoms with Crippen LogP contribution in [0, 0.1) is 0 Å². The summed E-state index contributed by atoms with van der Waals surface area (Å²) in [7, 11) is 3.52. The molecule has 0 unspecified atom stereocenters. The maximum absolute atomic E-state index is 11.9. The van der Waals surface area contributed by atoms with Gasteiger partial charge in [-0.3, -0.25) is 4.79 Å². The van der Waals surface area contributed by atoms with Gasteiger partial charge < -0.3 is 15.2 Å². The second-order valence-electron chi connectivity index (χ2n) is 3.85. The van der Waals surface area contributed by atoms with Gasteiger partial charge in [0.2, 0.25) is 0 Å². The van der Waals surface area contributed by atoms with Gasteiger partial charge in [0.05, 0.1) is 17.1 Å². The van der Waals surface area contributed by atoms with Crippen molar-refractivity contribution >= 4 is 23.3 Å². The molecule has 0 atom stereocenters. The van der Waals surface area contributed by atoms with Crippen molar-refractivity contribution in [3.05, 3.63) is 35.0 Å². The number of pyridine rings is 1. The minimum atomic E-state index is -0.264. The third kappa shape index (κ3) is 3.00. The van der Waals surface area contributed by atoms with Gasteiger partial charge in [0.25, 0.3) is 5.91 Å². The summed E-state index contributed by atoms with van der Waals surface area (Å²) in [6.45, 7) is 0.292. The van der Waals surface area contributed by atoms with Crippen molar-refractivity contribution in [2.75, 3.05) is 12.4 Å². The van der Waals surface area contributed by atoms with Crippen LogP contribution >= 0.6 is 11.6 Å². The first-order chi connectivity index (χ1) is 9.11. The summed E-state index contributed by atoms with van der Waals surface area (Å²) in [6.07, 6.45) is 3.03. The van der Waals surface area contributed by atoms with Gasteiger partial charge >= 0.3 is 0 Å². The number of nitrogens with zero attached hydrogens (tertiary/aromatic N) is 4. The molecule has 1 amide bonds. The summed E-state index contributed by atoms with van der Waals surface area (Å²) in [4.78, 5) is 16.0. The number of carbonyl (C=O) groups is 1. The van der Waals surface area contributed by atoms with E-state index in [4.69, 9.17) is 11.6 Å². The summed E-state index contributed by atoms with van der Waals surface area (Å²) in [6, 6.07) is 1.56. The van der Waals surface area contributed by atoms with Crippen molar-refractivity contribution in [2.45, 2.75) is 6.54 Å². The Morgan fingerprint density at radius 1 is 1.53 bits per heavy atom. The Hall–Kier alpha value is -2.15. The normalized spacial score (nSPS) is 10.3. The Bertz CT molecular complexity index is 597. The lowest BCUT2D eigenvalue weighted by atomic mass is 10.2. The number of hydrogen-bond acceptors (Lipinski definition) is 5. The first-order valence-electron chi connectivity index (χ1n) is 5.56. The molecule has 0 saturated heterocycles. The number of anilines is 1. The van der Waals surface area contributed by atoms with Crippen LogP contribution in [0.4, 0.5) is 5.82 Å². The highest BCUT2D eigenvalue weighted by Gasteiger charge is 2.10. The fourth-order valence-corrected chi connectivity index (χ4v) is 1.74. The van der Waals surface area contributed by atoms with E-state index in [1.165, 1.54) is 6.20 Å². The number of carbonyl (C=O) groups excluding carboxylic acids is 1. The quantitative estimate of drug-likeness (QED) is 0.867. The molecular weight excluding hydrogens is 268 g/mol. The molecule has 100 valence electrons. The predicted octanol–water partition coefficient (Wildman–Crippen LogP) is 0.835. The van der Waals surface area contributed by atoms with Gasteiger partial charge in [0, 0.05) is 20.3 Å². The van der Waals surface area contributed by atoms with E-state index in [2.05, 4.69) is 25.8 Å². The van der Waals surface area contributed by atoms with Crippen LogP contribution in [0.15, 0.2) is 18.6 Å². The van der Waals surface area contributed by atoms with Crippen molar-refractivity contribution < 1.29 is 4.79 Å². The fraction of sp³-hybridized carbons (Fsp3) is 0.273. The minimum Gasteiger partial charge on any atom is -0.372 e. The predicted molar refractivity (Wildman–Crippen MR) is 71.0 cm³/mol. The zero-order chi connectivity index (χ0) is 13.8. The average molecular weight is 281 g/mol. The number of aryl methyl sites for hydroxylation is 1. The second kappa shape index (κ2) is 5.66. The standard InChI is InChI=1S/C11H13ClN6O/c1-13-10-8(12)3-7(4-14-10)11(19)15-5-9-17-16-6-18(9)2/h3-4,6H,5H2,1-2H3,(H,13,14)(H,15,19). The van der Waals surface area contributed by atoms with Crippen LogP contribution in [0.3, 0.4) is 0 Å². The Morgan fingerprint density at radius 3 is 2.89 bits per heavy atom. The highest BCUT2D eigenvalue weighted by molar-refractivity contribution is 6.33. The highest BCUT2D eigenvalue weighted by Crippen LogP contribution is 2.19. The lowest BCUT2D eigenvalue weighted by Crippen LogP contribution is -2.24. The number of aromatic nitrogens is 4. The van der Waals surface area contributed by atoms with Gasteiger partial charge in [-0.1, -0.05) is 11.6 Å². The van der Waals surface area contributed by atoms with Gasteiger partial charge in [-0.2, -0.15) is 0 Å². The van der Waals surface area contributed by atoms with E-state index in [1.807, 2.05) is 7.05 Å².